The second kappa shape index (κ2) is 4.29. The Morgan fingerprint density at radius 3 is 2.00 bits per heavy atom. The highest BCUT2D eigenvalue weighted by Crippen LogP contribution is 1.87. The highest BCUT2D eigenvalue weighted by molar-refractivity contribution is 6.66. The molecule has 0 amide bonds. The van der Waals surface area contributed by atoms with Gasteiger partial charge in [-0.1, -0.05) is 18.8 Å². The molecule has 0 fully saturated rings. The summed E-state index contributed by atoms with van der Waals surface area (Å²) in [5, 5.41) is 0. The molecule has 0 bridgehead atoms. The second-order valence-corrected chi connectivity index (χ2v) is 7.48. The number of rotatable bonds is 3. The Kier molecular flexibility index (Phi) is 4.50. The van der Waals surface area contributed by atoms with E-state index in [1.807, 2.05) is 0 Å². The van der Waals surface area contributed by atoms with Crippen LogP contribution in [0.5, 0.6) is 0 Å². The first-order valence-corrected chi connectivity index (χ1v) is 6.69. The van der Waals surface area contributed by atoms with Crippen molar-refractivity contribution in [1.82, 2.24) is 4.57 Å². The van der Waals surface area contributed by atoms with E-state index in [1.54, 1.807) is 0 Å². The maximum atomic E-state index is 2.36. The topological polar surface area (TPSA) is 3.24 Å². The Labute approximate surface area is 56.6 Å². The quantitative estimate of drug-likeness (QED) is 0.532. The van der Waals surface area contributed by atoms with Crippen molar-refractivity contribution >= 4 is 18.5 Å². The molecule has 8 heavy (non-hydrogen) atoms. The normalized spacial score (nSPS) is 11.2. The fraction of sp³-hybridized carbons (Fsp3) is 1.00. The van der Waals surface area contributed by atoms with E-state index in [-0.39, 0.29) is 8.80 Å². The van der Waals surface area contributed by atoms with Gasteiger partial charge in [-0.05, 0) is 14.1 Å². The minimum absolute atomic E-state index is 0.0409. The Morgan fingerprint density at radius 2 is 1.88 bits per heavy atom. The van der Waals surface area contributed by atoms with Crippen LogP contribution in [0.4, 0.5) is 0 Å². The summed E-state index contributed by atoms with van der Waals surface area (Å²) >= 11 is 0. The van der Waals surface area contributed by atoms with E-state index >= 15 is 0 Å². The molecule has 0 aliphatic heterocycles. The van der Waals surface area contributed by atoms with Crippen molar-refractivity contribution in [1.29, 1.82) is 0 Å². The van der Waals surface area contributed by atoms with Gasteiger partial charge in [0.05, 0.1) is 0 Å². The van der Waals surface area contributed by atoms with Crippen molar-refractivity contribution < 1.29 is 0 Å². The van der Waals surface area contributed by atoms with Gasteiger partial charge < -0.3 is 4.57 Å². The largest absolute Gasteiger partial charge is 0.331 e. The summed E-state index contributed by atoms with van der Waals surface area (Å²) in [5.41, 5.74) is 1.44. The van der Waals surface area contributed by atoms with Crippen molar-refractivity contribution in [3.63, 3.8) is 0 Å². The van der Waals surface area contributed by atoms with Gasteiger partial charge in [0.2, 0.25) is 0 Å². The lowest BCUT2D eigenvalue weighted by Gasteiger charge is -2.07. The van der Waals surface area contributed by atoms with E-state index in [4.69, 9.17) is 0 Å². The fourth-order valence-electron chi connectivity index (χ4n) is 0.316. The molecule has 0 unspecified atom stereocenters. The van der Waals surface area contributed by atoms with Gasteiger partial charge in [-0.25, -0.2) is 0 Å². The third kappa shape index (κ3) is 6.39. The third-order valence-electron chi connectivity index (χ3n) is 0.749. The average molecular weight is 144 g/mol. The van der Waals surface area contributed by atoms with Gasteiger partial charge in [-0.2, -0.15) is 0 Å². The van der Waals surface area contributed by atoms with Gasteiger partial charge in [-0.15, -0.1) is 0 Å². The Morgan fingerprint density at radius 1 is 1.38 bits per heavy atom. The van der Waals surface area contributed by atoms with Gasteiger partial charge >= 0.3 is 0 Å². The zero-order valence-corrected chi connectivity index (χ0v) is 8.15. The second-order valence-electron chi connectivity index (χ2n) is 2.44. The minimum atomic E-state index is 0.0409. The van der Waals surface area contributed by atoms with Gasteiger partial charge in [0.15, 0.2) is 0 Å². The van der Waals surface area contributed by atoms with E-state index < -0.39 is 0 Å². The van der Waals surface area contributed by atoms with E-state index in [2.05, 4.69) is 31.8 Å². The Balaban J connectivity index is 2.93. The van der Waals surface area contributed by atoms with Gasteiger partial charge in [-0.3, -0.25) is 0 Å². The predicted octanol–water partition coefficient (Wildman–Crippen LogP) is 0.879. The Hall–Kier alpha value is 0.394. The van der Waals surface area contributed by atoms with Crippen LogP contribution in [0.1, 0.15) is 0 Å². The lowest BCUT2D eigenvalue weighted by molar-refractivity contribution is 0.663. The van der Waals surface area contributed by atoms with Crippen LogP contribution in [0.15, 0.2) is 0 Å². The molecular formula is C5H14NSi2. The van der Waals surface area contributed by atoms with Crippen molar-refractivity contribution in [2.45, 2.75) is 18.8 Å². The zero-order chi connectivity index (χ0) is 6.57. The van der Waals surface area contributed by atoms with E-state index in [9.17, 15) is 0 Å². The lowest BCUT2D eigenvalue weighted by Crippen LogP contribution is -2.21. The van der Waals surface area contributed by atoms with Gasteiger partial charge in [0.1, 0.15) is 9.68 Å². The lowest BCUT2D eigenvalue weighted by atomic mass is 11.3. The van der Waals surface area contributed by atoms with Gasteiger partial charge in [0, 0.05) is 8.80 Å². The van der Waals surface area contributed by atoms with Crippen LogP contribution in [0.3, 0.4) is 0 Å². The molecule has 0 rings (SSSR count). The molecule has 1 nitrogen and oxygen atoms in total. The maximum Gasteiger partial charge on any atom is 0.138 e. The molecule has 0 aromatic rings. The van der Waals surface area contributed by atoms with Crippen LogP contribution in [0, 0.1) is 0 Å². The van der Waals surface area contributed by atoms with Crippen LogP contribution < -0.4 is 0 Å². The molecule has 47 valence electrons. The first kappa shape index (κ1) is 8.39. The third-order valence-corrected chi connectivity index (χ3v) is 4.84. The summed E-state index contributed by atoms with van der Waals surface area (Å²) < 4.78 is 2.28. The molecule has 0 aliphatic carbocycles. The molecule has 0 aliphatic rings. The van der Waals surface area contributed by atoms with Crippen LogP contribution in [-0.4, -0.2) is 37.1 Å². The SMILES string of the molecule is CN(C)[Si]C[Si](C)C. The molecule has 0 saturated heterocycles. The molecule has 0 heterocycles. The number of nitrogens with zero attached hydrogens (tertiary/aromatic N) is 1. The first-order valence-electron chi connectivity index (χ1n) is 2.83. The maximum absolute atomic E-state index is 2.36. The fourth-order valence-corrected chi connectivity index (χ4v) is 2.85. The highest BCUT2D eigenvalue weighted by atomic mass is 28.3. The minimum Gasteiger partial charge on any atom is -0.331 e. The summed E-state index contributed by atoms with van der Waals surface area (Å²) in [6, 6.07) is 0. The van der Waals surface area contributed by atoms with E-state index in [0.717, 1.165) is 9.68 Å². The van der Waals surface area contributed by atoms with Crippen LogP contribution in [0.25, 0.3) is 0 Å². The van der Waals surface area contributed by atoms with E-state index in [1.165, 1.54) is 5.67 Å². The molecule has 0 saturated carbocycles. The molecule has 0 atom stereocenters. The summed E-state index contributed by atoms with van der Waals surface area (Å²) in [4.78, 5) is 0. The molecule has 0 aromatic heterocycles. The van der Waals surface area contributed by atoms with Crippen molar-refractivity contribution in [3.05, 3.63) is 0 Å². The van der Waals surface area contributed by atoms with Crippen molar-refractivity contribution in [2.24, 2.45) is 0 Å². The Bertz CT molecular complexity index is 46.4. The van der Waals surface area contributed by atoms with Crippen LogP contribution in [-0.2, 0) is 0 Å². The van der Waals surface area contributed by atoms with E-state index in [0.29, 0.717) is 0 Å². The molecule has 3 radical (unpaired) electrons. The van der Waals surface area contributed by atoms with Crippen LogP contribution >= 0.6 is 0 Å². The molecule has 0 N–H and O–H groups in total. The predicted molar refractivity (Wildman–Crippen MR) is 41.7 cm³/mol. The summed E-state index contributed by atoms with van der Waals surface area (Å²) in [7, 11) is 5.37. The summed E-state index contributed by atoms with van der Waals surface area (Å²) in [5.74, 6) is 0. The summed E-state index contributed by atoms with van der Waals surface area (Å²) in [6.07, 6.45) is 0. The molecule has 3 heteroatoms. The zero-order valence-electron chi connectivity index (χ0n) is 6.15. The van der Waals surface area contributed by atoms with Gasteiger partial charge in [0.25, 0.3) is 0 Å². The average Bonchev–Trinajstić information content (AvgIpc) is 1.61. The van der Waals surface area contributed by atoms with Crippen molar-refractivity contribution in [2.75, 3.05) is 14.1 Å². The smallest absolute Gasteiger partial charge is 0.138 e. The number of hydrogen-bond donors (Lipinski definition) is 0. The van der Waals surface area contributed by atoms with Crippen molar-refractivity contribution in [3.8, 4) is 0 Å². The molecule has 0 aromatic carbocycles. The molecular weight excluding hydrogens is 130 g/mol. The first-order chi connectivity index (χ1) is 3.63. The monoisotopic (exact) mass is 144 g/mol. The standard InChI is InChI=1S/C5H14NSi2/c1-6(2)7-5-8(3)4/h5H2,1-4H3. The van der Waals surface area contributed by atoms with Crippen LogP contribution in [0.2, 0.25) is 18.8 Å². The summed E-state index contributed by atoms with van der Waals surface area (Å²) in [6.45, 7) is 4.72. The number of hydrogen-bond acceptors (Lipinski definition) is 1. The highest BCUT2D eigenvalue weighted by Gasteiger charge is 1.97. The molecule has 0 spiro atoms.